The lowest BCUT2D eigenvalue weighted by Crippen LogP contribution is -2.56. The lowest BCUT2D eigenvalue weighted by molar-refractivity contribution is -0.121. The molecule has 3 atom stereocenters. The number of rotatable bonds is 7. The van der Waals surface area contributed by atoms with Gasteiger partial charge in [0.05, 0.1) is 0 Å². The zero-order valence-corrected chi connectivity index (χ0v) is 26.7. The van der Waals surface area contributed by atoms with Crippen LogP contribution in [0, 0.1) is 18.3 Å². The number of benzene rings is 1. The second-order valence-corrected chi connectivity index (χ2v) is 14.5. The number of aryl methyl sites for hydroxylation is 1. The quantitative estimate of drug-likeness (QED) is 0.386. The summed E-state index contributed by atoms with van der Waals surface area (Å²) >= 11 is 0. The Morgan fingerprint density at radius 2 is 1.74 bits per heavy atom. The van der Waals surface area contributed by atoms with Crippen molar-refractivity contribution in [2.75, 3.05) is 51.3 Å². The van der Waals surface area contributed by atoms with Crippen molar-refractivity contribution in [3.63, 3.8) is 0 Å². The molecule has 1 saturated carbocycles. The average molecular weight is 579 g/mol. The van der Waals surface area contributed by atoms with Gasteiger partial charge in [0, 0.05) is 49.9 Å². The van der Waals surface area contributed by atoms with Gasteiger partial charge in [-0.05, 0) is 126 Å². The number of nitrogens with zero attached hydrogens (tertiary/aromatic N) is 4. The number of carbonyl (C=O) groups excluding carboxylic acids is 2. The normalized spacial score (nSPS) is 27.6. The number of hydrogen-bond donors (Lipinski definition) is 0. The molecule has 7 nitrogen and oxygen atoms in total. The van der Waals surface area contributed by atoms with Crippen molar-refractivity contribution in [1.29, 1.82) is 0 Å². The monoisotopic (exact) mass is 578 g/mol. The maximum atomic E-state index is 12.9. The molecule has 2 amide bonds. The highest BCUT2D eigenvalue weighted by Crippen LogP contribution is 2.51. The van der Waals surface area contributed by atoms with E-state index in [1.165, 1.54) is 69.0 Å². The fourth-order valence-corrected chi connectivity index (χ4v) is 8.87. The zero-order chi connectivity index (χ0) is 29.4. The Morgan fingerprint density at radius 3 is 2.45 bits per heavy atom. The maximum absolute atomic E-state index is 12.9. The van der Waals surface area contributed by atoms with Crippen LogP contribution in [0.2, 0.25) is 0 Å². The summed E-state index contributed by atoms with van der Waals surface area (Å²) in [6.45, 7) is 12.0. The van der Waals surface area contributed by atoms with Crippen molar-refractivity contribution in [2.45, 2.75) is 115 Å². The lowest BCUT2D eigenvalue weighted by Gasteiger charge is -2.56. The molecule has 1 aromatic carbocycles. The lowest BCUT2D eigenvalue weighted by atomic mass is 9.59. The standard InChI is InChI=1S/C35H54N4O3/c1-5-25(2)33(40)36(4)32-21-28(9-8-26(32)3)27-12-17-37(18-13-27)31-22-35(23-31)14-19-38(20-15-35)34(41)42-24-30-11-10-29-7-6-16-39(29)30/h8-9,21,25,27,29-31H,5-7,10-20,22-24H2,1-4H3. The van der Waals surface area contributed by atoms with E-state index in [0.29, 0.717) is 30.0 Å². The largest absolute Gasteiger partial charge is 0.448 e. The number of hydrogen-bond acceptors (Lipinski definition) is 5. The van der Waals surface area contributed by atoms with E-state index in [1.54, 1.807) is 0 Å². The highest BCUT2D eigenvalue weighted by atomic mass is 16.6. The number of likely N-dealkylation sites (tertiary alicyclic amines) is 2. The first-order valence-electron chi connectivity index (χ1n) is 17.1. The third-order valence-corrected chi connectivity index (χ3v) is 12.0. The predicted molar refractivity (Wildman–Crippen MR) is 168 cm³/mol. The molecule has 232 valence electrons. The molecule has 0 bridgehead atoms. The molecule has 5 aliphatic rings. The van der Waals surface area contributed by atoms with Crippen LogP contribution < -0.4 is 4.90 Å². The number of ether oxygens (including phenoxy) is 1. The minimum Gasteiger partial charge on any atom is -0.448 e. The molecular formula is C35H54N4O3. The third-order valence-electron chi connectivity index (χ3n) is 12.0. The van der Waals surface area contributed by atoms with Crippen LogP contribution >= 0.6 is 0 Å². The average Bonchev–Trinajstić information content (AvgIpc) is 3.63. The maximum Gasteiger partial charge on any atom is 0.409 e. The summed E-state index contributed by atoms with van der Waals surface area (Å²) in [6, 6.07) is 8.66. The molecular weight excluding hydrogens is 524 g/mol. The molecule has 0 N–H and O–H groups in total. The molecule has 7 heteroatoms. The van der Waals surface area contributed by atoms with Gasteiger partial charge >= 0.3 is 6.09 Å². The second-order valence-electron chi connectivity index (χ2n) is 14.5. The first kappa shape index (κ1) is 29.9. The van der Waals surface area contributed by atoms with Gasteiger partial charge in [0.25, 0.3) is 0 Å². The highest BCUT2D eigenvalue weighted by molar-refractivity contribution is 5.95. The van der Waals surface area contributed by atoms with E-state index >= 15 is 0 Å². The second kappa shape index (κ2) is 12.5. The van der Waals surface area contributed by atoms with Crippen LogP contribution in [0.3, 0.4) is 0 Å². The van der Waals surface area contributed by atoms with Crippen molar-refractivity contribution in [3.05, 3.63) is 29.3 Å². The molecule has 0 radical (unpaired) electrons. The van der Waals surface area contributed by atoms with E-state index in [1.807, 2.05) is 23.8 Å². The number of carbonyl (C=O) groups is 2. The zero-order valence-electron chi connectivity index (χ0n) is 26.7. The van der Waals surface area contributed by atoms with Crippen molar-refractivity contribution in [3.8, 4) is 0 Å². The summed E-state index contributed by atoms with van der Waals surface area (Å²) in [5.74, 6) is 0.822. The van der Waals surface area contributed by atoms with Crippen LogP contribution in [0.15, 0.2) is 18.2 Å². The summed E-state index contributed by atoms with van der Waals surface area (Å²) in [7, 11) is 1.93. The van der Waals surface area contributed by atoms with E-state index < -0.39 is 0 Å². The summed E-state index contributed by atoms with van der Waals surface area (Å²) in [6.07, 6.45) is 13.1. The number of fused-ring (bicyclic) bond motifs is 1. The molecule has 4 aliphatic heterocycles. The van der Waals surface area contributed by atoms with E-state index in [-0.39, 0.29) is 17.9 Å². The van der Waals surface area contributed by atoms with Gasteiger partial charge in [0.1, 0.15) is 6.61 Å². The Kier molecular flexibility index (Phi) is 8.89. The Hall–Kier alpha value is -2.12. The van der Waals surface area contributed by atoms with Crippen molar-refractivity contribution in [2.24, 2.45) is 11.3 Å². The predicted octanol–water partition coefficient (Wildman–Crippen LogP) is 6.19. The van der Waals surface area contributed by atoms with Crippen LogP contribution in [-0.2, 0) is 9.53 Å². The SMILES string of the molecule is CCC(C)C(=O)N(C)c1cc(C2CCN(C3CC4(CCN(C(=O)OCC5CCC6CCCN65)CC4)C3)CC2)ccc1C. The number of amides is 2. The van der Waals surface area contributed by atoms with Crippen molar-refractivity contribution < 1.29 is 14.3 Å². The molecule has 4 heterocycles. The van der Waals surface area contributed by atoms with Crippen molar-refractivity contribution in [1.82, 2.24) is 14.7 Å². The van der Waals surface area contributed by atoms with E-state index in [4.69, 9.17) is 4.74 Å². The van der Waals surface area contributed by atoms with Gasteiger partial charge in [0.2, 0.25) is 5.91 Å². The van der Waals surface area contributed by atoms with E-state index in [2.05, 4.69) is 41.8 Å². The summed E-state index contributed by atoms with van der Waals surface area (Å²) < 4.78 is 5.83. The van der Waals surface area contributed by atoms with Crippen molar-refractivity contribution >= 4 is 17.7 Å². The van der Waals surface area contributed by atoms with E-state index in [0.717, 1.165) is 57.2 Å². The molecule has 0 aromatic heterocycles. The van der Waals surface area contributed by atoms with Crippen LogP contribution in [0.1, 0.15) is 102 Å². The third kappa shape index (κ3) is 5.97. The number of piperidine rings is 2. The fourth-order valence-electron chi connectivity index (χ4n) is 8.87. The smallest absolute Gasteiger partial charge is 0.409 e. The first-order valence-corrected chi connectivity index (χ1v) is 17.1. The van der Waals surface area contributed by atoms with Gasteiger partial charge in [-0.2, -0.15) is 0 Å². The van der Waals surface area contributed by atoms with Gasteiger partial charge in [-0.3, -0.25) is 9.69 Å². The summed E-state index contributed by atoms with van der Waals surface area (Å²) in [4.78, 5) is 34.9. The van der Waals surface area contributed by atoms with Gasteiger partial charge < -0.3 is 19.4 Å². The minimum absolute atomic E-state index is 0.0489. The van der Waals surface area contributed by atoms with Crippen LogP contribution in [0.25, 0.3) is 0 Å². The highest BCUT2D eigenvalue weighted by Gasteiger charge is 2.49. The Labute approximate surface area is 253 Å². The Morgan fingerprint density at radius 1 is 1.00 bits per heavy atom. The van der Waals surface area contributed by atoms with Gasteiger partial charge in [-0.1, -0.05) is 26.0 Å². The number of anilines is 1. The summed E-state index contributed by atoms with van der Waals surface area (Å²) in [5.41, 5.74) is 4.06. The van der Waals surface area contributed by atoms with Crippen LogP contribution in [0.4, 0.5) is 10.5 Å². The molecule has 6 rings (SSSR count). The molecule has 1 aromatic rings. The Balaban J connectivity index is 0.933. The molecule has 42 heavy (non-hydrogen) atoms. The fraction of sp³-hybridized carbons (Fsp3) is 0.771. The first-order chi connectivity index (χ1) is 20.3. The molecule has 5 fully saturated rings. The van der Waals surface area contributed by atoms with Crippen LogP contribution in [-0.4, -0.2) is 91.2 Å². The van der Waals surface area contributed by atoms with E-state index in [9.17, 15) is 9.59 Å². The molecule has 3 unspecified atom stereocenters. The minimum atomic E-state index is -0.0832. The van der Waals surface area contributed by atoms with Gasteiger partial charge in [-0.15, -0.1) is 0 Å². The van der Waals surface area contributed by atoms with Gasteiger partial charge in [-0.25, -0.2) is 4.79 Å². The molecule has 1 spiro atoms. The van der Waals surface area contributed by atoms with Gasteiger partial charge in [0.15, 0.2) is 0 Å². The Bertz CT molecular complexity index is 1120. The van der Waals surface area contributed by atoms with Crippen LogP contribution in [0.5, 0.6) is 0 Å². The molecule has 1 aliphatic carbocycles. The topological polar surface area (TPSA) is 56.3 Å². The summed E-state index contributed by atoms with van der Waals surface area (Å²) in [5, 5.41) is 0. The molecule has 4 saturated heterocycles.